The highest BCUT2D eigenvalue weighted by atomic mass is 19.1. The molecule has 8 heteroatoms. The molecule has 1 unspecified atom stereocenters. The lowest BCUT2D eigenvalue weighted by Gasteiger charge is -2.21. The molecule has 0 fully saturated rings. The average molecular weight is 448 g/mol. The van der Waals surface area contributed by atoms with Crippen LogP contribution in [0.25, 0.3) is 0 Å². The van der Waals surface area contributed by atoms with Crippen molar-refractivity contribution in [2.75, 3.05) is 33.4 Å². The number of carbonyl (C=O) groups excluding carboxylic acids is 1. The molecule has 0 aliphatic carbocycles. The molecule has 1 atom stereocenters. The largest absolute Gasteiger partial charge is 0.492 e. The molecule has 0 heterocycles. The number of rotatable bonds is 13. The molecule has 0 radical (unpaired) electrons. The van der Waals surface area contributed by atoms with Crippen LogP contribution in [0.5, 0.6) is 5.75 Å². The zero-order chi connectivity index (χ0) is 23.3. The highest BCUT2D eigenvalue weighted by Crippen LogP contribution is 2.15. The molecule has 0 aromatic heterocycles. The van der Waals surface area contributed by atoms with Gasteiger partial charge in [-0.15, -0.1) is 0 Å². The number of hydrogen-bond donors (Lipinski definition) is 1. The van der Waals surface area contributed by atoms with Crippen molar-refractivity contribution in [2.45, 2.75) is 32.3 Å². The lowest BCUT2D eigenvalue weighted by Crippen LogP contribution is -2.35. The summed E-state index contributed by atoms with van der Waals surface area (Å²) in [5.41, 5.74) is 1.83. The Morgan fingerprint density at radius 2 is 1.69 bits per heavy atom. The van der Waals surface area contributed by atoms with Crippen LogP contribution >= 0.6 is 0 Å². The van der Waals surface area contributed by atoms with Crippen LogP contribution in [-0.2, 0) is 27.1 Å². The number of hydrogen-bond acceptors (Lipinski definition) is 5. The minimum atomic E-state index is -0.991. The van der Waals surface area contributed by atoms with E-state index in [9.17, 15) is 19.1 Å². The van der Waals surface area contributed by atoms with Crippen molar-refractivity contribution in [3.8, 4) is 5.75 Å². The van der Waals surface area contributed by atoms with E-state index in [2.05, 4.69) is 0 Å². The van der Waals surface area contributed by atoms with Crippen LogP contribution in [0, 0.1) is 5.82 Å². The fourth-order valence-corrected chi connectivity index (χ4v) is 3.18. The normalized spacial score (nSPS) is 11.6. The second-order valence-electron chi connectivity index (χ2n) is 7.17. The first-order chi connectivity index (χ1) is 15.4. The molecule has 7 nitrogen and oxygen atoms in total. The fourth-order valence-electron chi connectivity index (χ4n) is 3.18. The van der Waals surface area contributed by atoms with Crippen molar-refractivity contribution in [3.63, 3.8) is 0 Å². The minimum absolute atomic E-state index is 0.271. The van der Waals surface area contributed by atoms with Crippen LogP contribution in [0.3, 0.4) is 0 Å². The molecule has 0 bridgehead atoms. The molecule has 2 aromatic rings. The lowest BCUT2D eigenvalue weighted by molar-refractivity contribution is -0.149. The number of carboxylic acid groups (broad SMARTS) is 1. The molecule has 0 spiro atoms. The molecule has 0 aliphatic rings. The van der Waals surface area contributed by atoms with E-state index < -0.39 is 18.2 Å². The van der Waals surface area contributed by atoms with E-state index >= 15 is 0 Å². The molecule has 32 heavy (non-hydrogen) atoms. The van der Waals surface area contributed by atoms with Gasteiger partial charge in [0.2, 0.25) is 0 Å². The third-order valence-electron chi connectivity index (χ3n) is 4.86. The topological polar surface area (TPSA) is 85.3 Å². The number of carboxylic acids is 1. The number of carbonyl (C=O) groups is 2. The number of amides is 1. The van der Waals surface area contributed by atoms with Crippen molar-refractivity contribution in [3.05, 3.63) is 65.5 Å². The van der Waals surface area contributed by atoms with Gasteiger partial charge >= 0.3 is 12.1 Å². The summed E-state index contributed by atoms with van der Waals surface area (Å²) >= 11 is 0. The van der Waals surface area contributed by atoms with E-state index in [1.165, 1.54) is 19.2 Å². The first-order valence-electron chi connectivity index (χ1n) is 10.6. The van der Waals surface area contributed by atoms with Crippen molar-refractivity contribution in [2.24, 2.45) is 0 Å². The Bertz CT molecular complexity index is 841. The van der Waals surface area contributed by atoms with Gasteiger partial charge in [0.1, 0.15) is 18.2 Å². The second-order valence-corrected chi connectivity index (χ2v) is 7.17. The smallest absolute Gasteiger partial charge is 0.409 e. The number of aliphatic carboxylic acids is 1. The molecule has 0 saturated carbocycles. The van der Waals surface area contributed by atoms with Gasteiger partial charge in [-0.3, -0.25) is 0 Å². The van der Waals surface area contributed by atoms with Crippen molar-refractivity contribution >= 4 is 12.1 Å². The SMILES string of the molecule is CCOC(Cc1ccc(OCCN(CCCc2ccc(F)cc2)C(=O)OC)cc1)C(=O)O. The molecular formula is C24H30FNO6. The van der Waals surface area contributed by atoms with Crippen LogP contribution in [0.4, 0.5) is 9.18 Å². The summed E-state index contributed by atoms with van der Waals surface area (Å²) in [5, 5.41) is 9.18. The summed E-state index contributed by atoms with van der Waals surface area (Å²) in [5.74, 6) is -0.645. The first kappa shape index (κ1) is 25.1. The van der Waals surface area contributed by atoms with E-state index in [1.807, 2.05) is 0 Å². The van der Waals surface area contributed by atoms with Crippen LogP contribution in [0.15, 0.2) is 48.5 Å². The van der Waals surface area contributed by atoms with Crippen LogP contribution in [0.2, 0.25) is 0 Å². The number of ether oxygens (including phenoxy) is 3. The van der Waals surface area contributed by atoms with Gasteiger partial charge in [-0.05, 0) is 55.2 Å². The Balaban J connectivity index is 1.80. The molecule has 2 rings (SSSR count). The Morgan fingerprint density at radius 3 is 2.28 bits per heavy atom. The third kappa shape index (κ3) is 8.55. The number of methoxy groups -OCH3 is 1. The van der Waals surface area contributed by atoms with E-state index in [4.69, 9.17) is 14.2 Å². The maximum Gasteiger partial charge on any atom is 0.409 e. The third-order valence-corrected chi connectivity index (χ3v) is 4.86. The van der Waals surface area contributed by atoms with E-state index in [-0.39, 0.29) is 18.8 Å². The van der Waals surface area contributed by atoms with E-state index in [0.717, 1.165) is 17.5 Å². The maximum absolute atomic E-state index is 13.0. The van der Waals surface area contributed by atoms with Gasteiger partial charge in [0.05, 0.1) is 13.7 Å². The maximum atomic E-state index is 13.0. The first-order valence-corrected chi connectivity index (χ1v) is 10.6. The van der Waals surface area contributed by atoms with Gasteiger partial charge in [-0.1, -0.05) is 24.3 Å². The van der Waals surface area contributed by atoms with Gasteiger partial charge in [-0.25, -0.2) is 14.0 Å². The van der Waals surface area contributed by atoms with E-state index in [1.54, 1.807) is 48.2 Å². The highest BCUT2D eigenvalue weighted by molar-refractivity contribution is 5.72. The van der Waals surface area contributed by atoms with Gasteiger partial charge in [-0.2, -0.15) is 0 Å². The number of aryl methyl sites for hydroxylation is 1. The summed E-state index contributed by atoms with van der Waals surface area (Å²) in [4.78, 5) is 24.8. The van der Waals surface area contributed by atoms with Crippen LogP contribution in [0.1, 0.15) is 24.5 Å². The van der Waals surface area contributed by atoms with Gasteiger partial charge in [0, 0.05) is 19.6 Å². The Morgan fingerprint density at radius 1 is 1.03 bits per heavy atom. The monoisotopic (exact) mass is 447 g/mol. The summed E-state index contributed by atoms with van der Waals surface area (Å²) in [7, 11) is 1.33. The number of nitrogens with zero attached hydrogens (tertiary/aromatic N) is 1. The van der Waals surface area contributed by atoms with Crippen LogP contribution < -0.4 is 4.74 Å². The molecule has 0 aliphatic heterocycles. The number of halogens is 1. The minimum Gasteiger partial charge on any atom is -0.492 e. The van der Waals surface area contributed by atoms with Crippen molar-refractivity contribution < 1.29 is 33.3 Å². The lowest BCUT2D eigenvalue weighted by atomic mass is 10.1. The van der Waals surface area contributed by atoms with Gasteiger partial charge in [0.25, 0.3) is 0 Å². The molecule has 0 saturated heterocycles. The summed E-state index contributed by atoms with van der Waals surface area (Å²) in [6.07, 6.45) is 0.386. The molecule has 1 N–H and O–H groups in total. The fraction of sp³-hybridized carbons (Fsp3) is 0.417. The van der Waals surface area contributed by atoms with Gasteiger partial charge < -0.3 is 24.2 Å². The van der Waals surface area contributed by atoms with E-state index in [0.29, 0.717) is 31.9 Å². The standard InChI is InChI=1S/C24H30FNO6/c1-3-31-22(23(27)28)17-19-8-12-21(13-9-19)32-16-15-26(24(29)30-2)14-4-5-18-6-10-20(25)11-7-18/h6-13,22H,3-5,14-17H2,1-2H3,(H,27,28). The predicted molar refractivity (Wildman–Crippen MR) is 117 cm³/mol. The zero-order valence-electron chi connectivity index (χ0n) is 18.5. The predicted octanol–water partition coefficient (Wildman–Crippen LogP) is 3.94. The number of benzene rings is 2. The Labute approximate surface area is 187 Å². The Kier molecular flexibility index (Phi) is 10.5. The zero-order valence-corrected chi connectivity index (χ0v) is 18.5. The molecular weight excluding hydrogens is 417 g/mol. The summed E-state index contributed by atoms with van der Waals surface area (Å²) < 4.78 is 28.8. The quantitative estimate of drug-likeness (QED) is 0.501. The summed E-state index contributed by atoms with van der Waals surface area (Å²) in [6.45, 7) is 3.21. The van der Waals surface area contributed by atoms with Crippen LogP contribution in [-0.4, -0.2) is 61.6 Å². The summed E-state index contributed by atoms with van der Waals surface area (Å²) in [6, 6.07) is 13.4. The van der Waals surface area contributed by atoms with Gasteiger partial charge in [0.15, 0.2) is 6.10 Å². The van der Waals surface area contributed by atoms with Crippen molar-refractivity contribution in [1.29, 1.82) is 0 Å². The molecule has 2 aromatic carbocycles. The Hall–Kier alpha value is -3.13. The average Bonchev–Trinajstić information content (AvgIpc) is 2.79. The highest BCUT2D eigenvalue weighted by Gasteiger charge is 2.18. The second kappa shape index (κ2) is 13.3. The molecule has 1 amide bonds. The molecule has 174 valence electrons. The van der Waals surface area contributed by atoms with Crippen molar-refractivity contribution in [1.82, 2.24) is 4.90 Å².